The molecule has 0 radical (unpaired) electrons. The van der Waals surface area contributed by atoms with E-state index in [1.807, 2.05) is 0 Å². The first-order valence-electron chi connectivity index (χ1n) is 6.03. The Kier molecular flexibility index (Phi) is 3.79. The molecule has 0 aliphatic heterocycles. The van der Waals surface area contributed by atoms with Crippen LogP contribution in [-0.2, 0) is 4.74 Å². The molecule has 2 rings (SSSR count). The van der Waals surface area contributed by atoms with Gasteiger partial charge in [0.2, 0.25) is 0 Å². The zero-order valence-corrected chi connectivity index (χ0v) is 9.92. The van der Waals surface area contributed by atoms with Crippen molar-refractivity contribution in [2.24, 2.45) is 0 Å². The Labute approximate surface area is 104 Å². The number of benzene rings is 1. The Morgan fingerprint density at radius 3 is 2.56 bits per heavy atom. The first-order valence-corrected chi connectivity index (χ1v) is 6.03. The van der Waals surface area contributed by atoms with Gasteiger partial charge in [-0.25, -0.2) is 13.6 Å². The molecule has 0 bridgehead atoms. The van der Waals surface area contributed by atoms with Crippen LogP contribution in [0, 0.1) is 11.6 Å². The maximum atomic E-state index is 13.6. The van der Waals surface area contributed by atoms with Crippen molar-refractivity contribution in [3.63, 3.8) is 0 Å². The molecule has 3 nitrogen and oxygen atoms in total. The van der Waals surface area contributed by atoms with Crippen LogP contribution in [0.15, 0.2) is 12.1 Å². The number of anilines is 1. The minimum atomic E-state index is -0.919. The number of hydrogen-bond acceptors (Lipinski definition) is 3. The maximum Gasteiger partial charge on any atom is 0.341 e. The van der Waals surface area contributed by atoms with Gasteiger partial charge in [0.05, 0.1) is 5.69 Å². The lowest BCUT2D eigenvalue weighted by Gasteiger charge is -2.22. The summed E-state index contributed by atoms with van der Waals surface area (Å²) in [5.41, 5.74) is 4.45. The Balaban J connectivity index is 2.13. The number of halogens is 2. The quantitative estimate of drug-likeness (QED) is 0.652. The first-order chi connectivity index (χ1) is 8.58. The van der Waals surface area contributed by atoms with E-state index in [1.165, 1.54) is 0 Å². The van der Waals surface area contributed by atoms with Crippen molar-refractivity contribution in [3.05, 3.63) is 29.3 Å². The number of ether oxygens (including phenoxy) is 1. The van der Waals surface area contributed by atoms with Gasteiger partial charge in [-0.3, -0.25) is 0 Å². The lowest BCUT2D eigenvalue weighted by Crippen LogP contribution is -2.22. The second-order valence-electron chi connectivity index (χ2n) is 4.52. The van der Waals surface area contributed by atoms with Crippen LogP contribution in [0.25, 0.3) is 0 Å². The predicted molar refractivity (Wildman–Crippen MR) is 63.1 cm³/mol. The van der Waals surface area contributed by atoms with Gasteiger partial charge in [0.25, 0.3) is 0 Å². The third-order valence-corrected chi connectivity index (χ3v) is 3.11. The van der Waals surface area contributed by atoms with E-state index in [2.05, 4.69) is 0 Å². The van der Waals surface area contributed by atoms with E-state index in [9.17, 15) is 13.6 Å². The number of carbonyl (C=O) groups is 1. The maximum absolute atomic E-state index is 13.6. The number of nitrogen functional groups attached to an aromatic ring is 1. The van der Waals surface area contributed by atoms with Crippen LogP contribution < -0.4 is 5.73 Å². The number of carbonyl (C=O) groups excluding carboxylic acids is 1. The SMILES string of the molecule is Nc1cc(F)cc(C(=O)OC2CCCCC2)c1F. The third-order valence-electron chi connectivity index (χ3n) is 3.11. The van der Waals surface area contributed by atoms with E-state index in [-0.39, 0.29) is 11.8 Å². The molecule has 98 valence electrons. The summed E-state index contributed by atoms with van der Waals surface area (Å²) >= 11 is 0. The van der Waals surface area contributed by atoms with Crippen LogP contribution in [0.1, 0.15) is 42.5 Å². The van der Waals surface area contributed by atoms with E-state index >= 15 is 0 Å². The van der Waals surface area contributed by atoms with Gasteiger partial charge < -0.3 is 10.5 Å². The first kappa shape index (κ1) is 12.8. The molecule has 0 aromatic heterocycles. The van der Waals surface area contributed by atoms with Crippen LogP contribution in [0.5, 0.6) is 0 Å². The number of hydrogen-bond donors (Lipinski definition) is 1. The molecule has 2 N–H and O–H groups in total. The van der Waals surface area contributed by atoms with Crippen molar-refractivity contribution in [1.29, 1.82) is 0 Å². The van der Waals surface area contributed by atoms with Gasteiger partial charge >= 0.3 is 5.97 Å². The van der Waals surface area contributed by atoms with Crippen LogP contribution in [0.3, 0.4) is 0 Å². The lowest BCUT2D eigenvalue weighted by molar-refractivity contribution is 0.0206. The van der Waals surface area contributed by atoms with E-state index in [1.54, 1.807) is 0 Å². The zero-order chi connectivity index (χ0) is 13.1. The molecule has 1 fully saturated rings. The molecule has 1 saturated carbocycles. The molecule has 0 atom stereocenters. The van der Waals surface area contributed by atoms with Gasteiger partial charge in [-0.15, -0.1) is 0 Å². The molecular formula is C13H15F2NO2. The van der Waals surface area contributed by atoms with Crippen molar-refractivity contribution in [2.45, 2.75) is 38.2 Å². The van der Waals surface area contributed by atoms with Gasteiger partial charge in [-0.05, 0) is 37.8 Å². The minimum Gasteiger partial charge on any atom is -0.459 e. The monoisotopic (exact) mass is 255 g/mol. The van der Waals surface area contributed by atoms with Crippen LogP contribution in [-0.4, -0.2) is 12.1 Å². The summed E-state index contributed by atoms with van der Waals surface area (Å²) in [5, 5.41) is 0. The zero-order valence-electron chi connectivity index (χ0n) is 9.92. The number of nitrogens with two attached hydrogens (primary N) is 1. The average molecular weight is 255 g/mol. The van der Waals surface area contributed by atoms with Crippen molar-refractivity contribution < 1.29 is 18.3 Å². The van der Waals surface area contributed by atoms with E-state index < -0.39 is 23.2 Å². The molecule has 1 aromatic rings. The minimum absolute atomic E-state index is 0.199. The molecule has 5 heteroatoms. The fraction of sp³-hybridized carbons (Fsp3) is 0.462. The summed E-state index contributed by atoms with van der Waals surface area (Å²) in [4.78, 5) is 11.8. The summed E-state index contributed by atoms with van der Waals surface area (Å²) < 4.78 is 31.9. The Bertz CT molecular complexity index is 457. The highest BCUT2D eigenvalue weighted by Crippen LogP contribution is 2.23. The highest BCUT2D eigenvalue weighted by Gasteiger charge is 2.22. The second-order valence-corrected chi connectivity index (χ2v) is 4.52. The van der Waals surface area contributed by atoms with Crippen LogP contribution >= 0.6 is 0 Å². The van der Waals surface area contributed by atoms with Gasteiger partial charge in [0.15, 0.2) is 5.82 Å². The van der Waals surface area contributed by atoms with E-state index in [0.29, 0.717) is 0 Å². The molecule has 0 saturated heterocycles. The molecule has 1 aliphatic carbocycles. The Morgan fingerprint density at radius 2 is 1.89 bits per heavy atom. The molecule has 0 spiro atoms. The average Bonchev–Trinajstić information content (AvgIpc) is 2.35. The summed E-state index contributed by atoms with van der Waals surface area (Å²) in [6.07, 6.45) is 4.46. The number of rotatable bonds is 2. The van der Waals surface area contributed by atoms with E-state index in [4.69, 9.17) is 10.5 Å². The topological polar surface area (TPSA) is 52.3 Å². The molecular weight excluding hydrogens is 240 g/mol. The normalized spacial score (nSPS) is 16.6. The third kappa shape index (κ3) is 2.78. The van der Waals surface area contributed by atoms with E-state index in [0.717, 1.165) is 44.2 Å². The molecule has 1 aromatic carbocycles. The molecule has 1 aliphatic rings. The van der Waals surface area contributed by atoms with Gasteiger partial charge in [0, 0.05) is 0 Å². The lowest BCUT2D eigenvalue weighted by atomic mass is 9.98. The van der Waals surface area contributed by atoms with Crippen molar-refractivity contribution in [3.8, 4) is 0 Å². The standard InChI is InChI=1S/C13H15F2NO2/c14-8-6-10(12(15)11(16)7-8)13(17)18-9-4-2-1-3-5-9/h6-7,9H,1-5,16H2. The Hall–Kier alpha value is -1.65. The van der Waals surface area contributed by atoms with Gasteiger partial charge in [-0.2, -0.15) is 0 Å². The van der Waals surface area contributed by atoms with Crippen LogP contribution in [0.4, 0.5) is 14.5 Å². The fourth-order valence-electron chi connectivity index (χ4n) is 2.16. The summed E-state index contributed by atoms with van der Waals surface area (Å²) in [6, 6.07) is 1.66. The summed E-state index contributed by atoms with van der Waals surface area (Å²) in [6.45, 7) is 0. The molecule has 0 amide bonds. The van der Waals surface area contributed by atoms with Crippen molar-refractivity contribution >= 4 is 11.7 Å². The molecule has 18 heavy (non-hydrogen) atoms. The van der Waals surface area contributed by atoms with Crippen molar-refractivity contribution in [2.75, 3.05) is 5.73 Å². The highest BCUT2D eigenvalue weighted by molar-refractivity contribution is 5.91. The molecule has 0 unspecified atom stereocenters. The fourth-order valence-corrected chi connectivity index (χ4v) is 2.16. The largest absolute Gasteiger partial charge is 0.459 e. The number of esters is 1. The smallest absolute Gasteiger partial charge is 0.341 e. The second kappa shape index (κ2) is 5.33. The predicted octanol–water partition coefficient (Wildman–Crippen LogP) is 3.04. The van der Waals surface area contributed by atoms with Gasteiger partial charge in [0.1, 0.15) is 17.5 Å². The van der Waals surface area contributed by atoms with Crippen molar-refractivity contribution in [1.82, 2.24) is 0 Å². The molecule has 0 heterocycles. The Morgan fingerprint density at radius 1 is 1.22 bits per heavy atom. The van der Waals surface area contributed by atoms with Gasteiger partial charge in [-0.1, -0.05) is 6.42 Å². The highest BCUT2D eigenvalue weighted by atomic mass is 19.1. The van der Waals surface area contributed by atoms with Crippen LogP contribution in [0.2, 0.25) is 0 Å². The summed E-state index contributed by atoms with van der Waals surface area (Å²) in [7, 11) is 0. The summed E-state index contributed by atoms with van der Waals surface area (Å²) in [5.74, 6) is -2.51.